The van der Waals surface area contributed by atoms with E-state index in [1.54, 1.807) is 0 Å². The summed E-state index contributed by atoms with van der Waals surface area (Å²) in [6, 6.07) is 0. The van der Waals surface area contributed by atoms with E-state index in [9.17, 15) is 28.8 Å². The molecule has 0 aromatic carbocycles. The first kappa shape index (κ1) is 44.1. The maximum absolute atomic E-state index is 11.3. The predicted octanol–water partition coefficient (Wildman–Crippen LogP) is 2.03. The number of rotatable bonds is 10. The summed E-state index contributed by atoms with van der Waals surface area (Å²) in [5.74, 6) is -0.687. The number of nitrogens with two attached hydrogens (primary N) is 1. The quantitative estimate of drug-likeness (QED) is 0.111. The fourth-order valence-corrected chi connectivity index (χ4v) is 3.25. The Morgan fingerprint density at radius 3 is 1.15 bits per heavy atom. The molecule has 3 aliphatic rings. The van der Waals surface area contributed by atoms with Crippen LogP contribution in [0.25, 0.3) is 0 Å². The largest absolute Gasteiger partial charge is 0.329 e. The number of halogens is 3. The van der Waals surface area contributed by atoms with Crippen LogP contribution in [0, 0.1) is 0 Å². The third-order valence-electron chi connectivity index (χ3n) is 5.06. The molecule has 0 saturated carbocycles. The molecule has 0 aromatic heterocycles. The lowest BCUT2D eigenvalue weighted by Gasteiger charge is -2.16. The van der Waals surface area contributed by atoms with Crippen LogP contribution in [0.3, 0.4) is 0 Å². The summed E-state index contributed by atoms with van der Waals surface area (Å²) in [6.07, 6.45) is 1.92. The maximum atomic E-state index is 11.3. The number of carbonyl (C=O) groups is 6. The number of nitrogens with zero attached hydrogens (tertiary/aromatic N) is 3. The van der Waals surface area contributed by atoms with Gasteiger partial charge in [-0.2, -0.15) is 61.7 Å². The van der Waals surface area contributed by atoms with E-state index in [-0.39, 0.29) is 40.9 Å². The summed E-state index contributed by atoms with van der Waals surface area (Å²) in [7, 11) is 7.17. The van der Waals surface area contributed by atoms with Crippen LogP contribution in [0.2, 0.25) is 0 Å². The number of hydrogen-bond acceptors (Lipinski definition) is 8. The van der Waals surface area contributed by atoms with Crippen molar-refractivity contribution in [3.63, 3.8) is 0 Å². The van der Waals surface area contributed by atoms with Crippen LogP contribution >= 0.6 is 89.2 Å². The molecule has 3 fully saturated rings. The van der Waals surface area contributed by atoms with Crippen LogP contribution in [-0.2, 0) is 28.8 Å². The molecule has 0 aliphatic carbocycles. The highest BCUT2D eigenvalue weighted by atomic mass is 127. The molecule has 0 spiro atoms. The Balaban J connectivity index is 0. The average molecular weight is 963 g/mol. The molecule has 41 heavy (non-hydrogen) atoms. The van der Waals surface area contributed by atoms with Crippen LogP contribution in [0.1, 0.15) is 38.5 Å². The van der Waals surface area contributed by atoms with Crippen molar-refractivity contribution in [2.75, 3.05) is 59.3 Å². The van der Waals surface area contributed by atoms with Gasteiger partial charge in [-0.15, -0.1) is 0 Å². The summed E-state index contributed by atoms with van der Waals surface area (Å²) >= 11 is 6.66. The Hall–Kier alpha value is 1.01. The van der Waals surface area contributed by atoms with E-state index in [4.69, 9.17) is 13.3 Å². The summed E-state index contributed by atoms with van der Waals surface area (Å²) < 4.78 is 0. The third-order valence-corrected chi connectivity index (χ3v) is 9.23. The molecule has 3 aliphatic heterocycles. The lowest BCUT2D eigenvalue weighted by molar-refractivity contribution is -0.139. The number of hydrogen-bond donors (Lipinski definition) is 2. The van der Waals surface area contributed by atoms with Crippen LogP contribution in [-0.4, -0.2) is 127 Å². The third kappa shape index (κ3) is 22.2. The van der Waals surface area contributed by atoms with Crippen molar-refractivity contribution in [3.05, 3.63) is 0 Å². The van der Waals surface area contributed by atoms with Gasteiger partial charge in [-0.05, 0) is 6.66 Å². The fraction of sp³-hybridized carbons (Fsp3) is 0.714. The van der Waals surface area contributed by atoms with E-state index >= 15 is 0 Å². The second-order valence-corrected chi connectivity index (χ2v) is 19.1. The first-order valence-corrected chi connectivity index (χ1v) is 22.9. The molecule has 4 radical (unpaired) electrons. The van der Waals surface area contributed by atoms with Gasteiger partial charge in [0.05, 0.1) is 0 Å². The zero-order chi connectivity index (χ0) is 31.8. The molecular formula is C21H38B3I3N5O6P3. The second-order valence-electron chi connectivity index (χ2n) is 8.18. The molecule has 3 atom stereocenters. The summed E-state index contributed by atoms with van der Waals surface area (Å²) in [4.78, 5) is 74.9. The van der Waals surface area contributed by atoms with Gasteiger partial charge in [-0.25, -0.2) is 0 Å². The van der Waals surface area contributed by atoms with Crippen molar-refractivity contribution in [3.8, 4) is 0 Å². The van der Waals surface area contributed by atoms with E-state index < -0.39 is 0 Å². The SMILES string of the molecule is CP[B]I.CP[B]I.NCCN1C(=O)CCC1=O.O=C1CCC(=O)N1CCNCCN1C(=O)CCC1=O.[B]P(C)I. The molecule has 3 rings (SSSR count). The van der Waals surface area contributed by atoms with Gasteiger partial charge in [-0.1, -0.05) is 40.8 Å². The van der Waals surface area contributed by atoms with Gasteiger partial charge in [0, 0.05) is 77.8 Å². The van der Waals surface area contributed by atoms with Crippen molar-refractivity contribution in [1.82, 2.24) is 20.0 Å². The van der Waals surface area contributed by atoms with Crippen molar-refractivity contribution in [2.24, 2.45) is 5.73 Å². The molecule has 3 unspecified atom stereocenters. The molecule has 6 amide bonds. The molecular weight excluding hydrogens is 924 g/mol. The Bertz CT molecular complexity index is 746. The Kier molecular flexibility index (Phi) is 30.7. The smallest absolute Gasteiger partial charge is 0.229 e. The zero-order valence-electron chi connectivity index (χ0n) is 23.7. The zero-order valence-corrected chi connectivity index (χ0v) is 33.0. The minimum Gasteiger partial charge on any atom is -0.329 e. The molecule has 20 heteroatoms. The average Bonchev–Trinajstić information content (AvgIpc) is 3.56. The summed E-state index contributed by atoms with van der Waals surface area (Å²) in [6.45, 7) is 8.67. The van der Waals surface area contributed by atoms with E-state index in [0.29, 0.717) is 77.8 Å². The standard InChI is InChI=1S/C12H17N3O4.C6H10N2O2.CH3BIP.2CH4BIP/c16-9-1-2-10(17)14(9)7-5-13-6-8-15-11(18)3-4-12(15)19;7-3-4-8-5(9)1-2-6(8)10;1-4(2)3;2*1-4-2-3/h13H,1-8H2;1-4,7H2;1H3;2*4H,1H3. The van der Waals surface area contributed by atoms with Gasteiger partial charge in [0.2, 0.25) is 45.2 Å². The van der Waals surface area contributed by atoms with Crippen molar-refractivity contribution < 1.29 is 28.8 Å². The topological polar surface area (TPSA) is 150 Å². The molecule has 0 bridgehead atoms. The van der Waals surface area contributed by atoms with Gasteiger partial charge in [0.1, 0.15) is 7.57 Å². The normalized spacial score (nSPS) is 17.2. The molecule has 0 aromatic rings. The number of imide groups is 3. The molecule has 3 N–H and O–H groups in total. The lowest BCUT2D eigenvalue weighted by Crippen LogP contribution is -2.39. The van der Waals surface area contributed by atoms with Crippen LogP contribution in [0.5, 0.6) is 0 Å². The Morgan fingerprint density at radius 2 is 0.951 bits per heavy atom. The van der Waals surface area contributed by atoms with E-state index in [0.717, 1.165) is 16.9 Å². The van der Waals surface area contributed by atoms with Crippen molar-refractivity contribution in [1.29, 1.82) is 0 Å². The Morgan fingerprint density at radius 1 is 0.732 bits per heavy atom. The molecule has 3 heterocycles. The van der Waals surface area contributed by atoms with Crippen molar-refractivity contribution >= 4 is 142 Å². The molecule has 11 nitrogen and oxygen atoms in total. The maximum Gasteiger partial charge on any atom is 0.229 e. The minimum absolute atomic E-state index is 0.0875. The first-order chi connectivity index (χ1) is 19.4. The summed E-state index contributed by atoms with van der Waals surface area (Å²) in [5, 5.41) is 3.03. The van der Waals surface area contributed by atoms with Gasteiger partial charge in [0.25, 0.3) is 0 Å². The van der Waals surface area contributed by atoms with Crippen LogP contribution < -0.4 is 11.1 Å². The van der Waals surface area contributed by atoms with Gasteiger partial charge in [-0.3, -0.25) is 43.5 Å². The second kappa shape index (κ2) is 28.5. The highest BCUT2D eigenvalue weighted by Gasteiger charge is 2.29. The van der Waals surface area contributed by atoms with Crippen LogP contribution in [0.4, 0.5) is 0 Å². The molecule has 228 valence electrons. The number of likely N-dealkylation sites (tertiary alicyclic amines) is 3. The number of amides is 6. The van der Waals surface area contributed by atoms with Gasteiger partial charge in [0.15, 0.2) is 0 Å². The lowest BCUT2D eigenvalue weighted by atomic mass is 10.4. The van der Waals surface area contributed by atoms with Crippen LogP contribution in [0.15, 0.2) is 0 Å². The van der Waals surface area contributed by atoms with Crippen molar-refractivity contribution in [2.45, 2.75) is 38.5 Å². The van der Waals surface area contributed by atoms with E-state index in [2.05, 4.69) is 95.1 Å². The van der Waals surface area contributed by atoms with E-state index in [1.807, 2.05) is 6.66 Å². The number of nitrogens with one attached hydrogen (secondary N) is 1. The highest BCUT2D eigenvalue weighted by molar-refractivity contribution is 14.2. The fourth-order valence-electron chi connectivity index (χ4n) is 3.25. The predicted molar refractivity (Wildman–Crippen MR) is 200 cm³/mol. The number of carbonyl (C=O) groups excluding carboxylic acids is 6. The Labute approximate surface area is 291 Å². The van der Waals surface area contributed by atoms with Gasteiger partial charge >= 0.3 is 0 Å². The monoisotopic (exact) mass is 963 g/mol. The summed E-state index contributed by atoms with van der Waals surface area (Å²) in [5.41, 5.74) is 5.04. The molecule has 3 saturated heterocycles. The van der Waals surface area contributed by atoms with E-state index in [1.165, 1.54) is 14.7 Å². The van der Waals surface area contributed by atoms with Gasteiger partial charge < -0.3 is 11.1 Å². The first-order valence-electron chi connectivity index (χ1n) is 12.6. The highest BCUT2D eigenvalue weighted by Crippen LogP contribution is 2.32. The minimum atomic E-state index is -0.150.